The van der Waals surface area contributed by atoms with Crippen LogP contribution in [0.3, 0.4) is 0 Å². The van der Waals surface area contributed by atoms with Gasteiger partial charge in [-0.25, -0.2) is 4.39 Å². The standard InChI is InChI=1S/C19H24FN3O2/c1-13-11-23(12-14(2)25-13)19(24)16-5-7-22(8-6-16)18-4-3-15(10-21)9-17(18)20/h3-4,9,13-14,16H,5-8,11-12H2,1-2H3/t13-,14-/m1/s1. The van der Waals surface area contributed by atoms with E-state index in [0.29, 0.717) is 37.4 Å². The number of rotatable bonds is 2. The third kappa shape index (κ3) is 3.93. The maximum Gasteiger partial charge on any atom is 0.225 e. The molecule has 6 heteroatoms. The Morgan fingerprint density at radius 3 is 2.44 bits per heavy atom. The lowest BCUT2D eigenvalue weighted by molar-refractivity contribution is -0.148. The van der Waals surface area contributed by atoms with Crippen LogP contribution in [0.25, 0.3) is 0 Å². The minimum absolute atomic E-state index is 0.00445. The van der Waals surface area contributed by atoms with Gasteiger partial charge in [-0.1, -0.05) is 0 Å². The number of amides is 1. The van der Waals surface area contributed by atoms with Crippen molar-refractivity contribution in [3.05, 3.63) is 29.6 Å². The van der Waals surface area contributed by atoms with Gasteiger partial charge in [-0.3, -0.25) is 4.79 Å². The Labute approximate surface area is 148 Å². The highest BCUT2D eigenvalue weighted by Crippen LogP contribution is 2.28. The normalized spacial score (nSPS) is 24.9. The molecular weight excluding hydrogens is 321 g/mol. The van der Waals surface area contributed by atoms with Gasteiger partial charge in [-0.2, -0.15) is 5.26 Å². The highest BCUT2D eigenvalue weighted by Gasteiger charge is 2.33. The van der Waals surface area contributed by atoms with E-state index in [1.165, 1.54) is 6.07 Å². The second-order valence-electron chi connectivity index (χ2n) is 7.04. The molecule has 2 aliphatic rings. The molecular formula is C19H24FN3O2. The number of halogens is 1. The molecule has 0 aliphatic carbocycles. The molecule has 0 radical (unpaired) electrons. The number of anilines is 1. The molecule has 2 fully saturated rings. The summed E-state index contributed by atoms with van der Waals surface area (Å²) < 4.78 is 19.9. The second kappa shape index (κ2) is 7.40. The number of piperidine rings is 1. The second-order valence-corrected chi connectivity index (χ2v) is 7.04. The van der Waals surface area contributed by atoms with E-state index >= 15 is 0 Å². The number of morpholine rings is 1. The van der Waals surface area contributed by atoms with Crippen LogP contribution < -0.4 is 4.90 Å². The largest absolute Gasteiger partial charge is 0.372 e. The summed E-state index contributed by atoms with van der Waals surface area (Å²) in [5.41, 5.74) is 0.834. The van der Waals surface area contributed by atoms with E-state index in [0.717, 1.165) is 12.8 Å². The molecule has 0 N–H and O–H groups in total. The molecule has 2 saturated heterocycles. The number of nitriles is 1. The Morgan fingerprint density at radius 2 is 1.88 bits per heavy atom. The Balaban J connectivity index is 1.60. The first-order valence-electron chi connectivity index (χ1n) is 8.86. The van der Waals surface area contributed by atoms with E-state index in [9.17, 15) is 9.18 Å². The van der Waals surface area contributed by atoms with Crippen molar-refractivity contribution in [3.63, 3.8) is 0 Å². The molecule has 0 saturated carbocycles. The lowest BCUT2D eigenvalue weighted by Gasteiger charge is -2.39. The predicted octanol–water partition coefficient (Wildman–Crippen LogP) is 2.55. The highest BCUT2D eigenvalue weighted by molar-refractivity contribution is 5.79. The third-order valence-electron chi connectivity index (χ3n) is 4.99. The SMILES string of the molecule is C[C@@H]1CN(C(=O)C2CCN(c3ccc(C#N)cc3F)CC2)C[C@@H](C)O1. The molecule has 0 aromatic heterocycles. The summed E-state index contributed by atoms with van der Waals surface area (Å²) in [4.78, 5) is 16.7. The fraction of sp³-hybridized carbons (Fsp3) is 0.579. The van der Waals surface area contributed by atoms with Gasteiger partial charge >= 0.3 is 0 Å². The molecule has 2 atom stereocenters. The van der Waals surface area contributed by atoms with Crippen LogP contribution in [0.4, 0.5) is 10.1 Å². The van der Waals surface area contributed by atoms with Crippen molar-refractivity contribution in [2.24, 2.45) is 5.92 Å². The molecule has 0 unspecified atom stereocenters. The number of benzene rings is 1. The van der Waals surface area contributed by atoms with Gasteiger partial charge < -0.3 is 14.5 Å². The zero-order valence-corrected chi connectivity index (χ0v) is 14.7. The van der Waals surface area contributed by atoms with Crippen molar-refractivity contribution < 1.29 is 13.9 Å². The maximum atomic E-state index is 14.2. The summed E-state index contributed by atoms with van der Waals surface area (Å²) in [7, 11) is 0. The van der Waals surface area contributed by atoms with Gasteiger partial charge in [0.2, 0.25) is 5.91 Å². The van der Waals surface area contributed by atoms with Gasteiger partial charge in [0, 0.05) is 32.1 Å². The Morgan fingerprint density at radius 1 is 1.24 bits per heavy atom. The van der Waals surface area contributed by atoms with E-state index in [2.05, 4.69) is 0 Å². The molecule has 134 valence electrons. The lowest BCUT2D eigenvalue weighted by atomic mass is 9.94. The minimum atomic E-state index is -0.375. The zero-order chi connectivity index (χ0) is 18.0. The molecule has 5 nitrogen and oxygen atoms in total. The van der Waals surface area contributed by atoms with E-state index in [1.54, 1.807) is 12.1 Å². The van der Waals surface area contributed by atoms with E-state index in [1.807, 2.05) is 29.7 Å². The Kier molecular flexibility index (Phi) is 5.24. The summed E-state index contributed by atoms with van der Waals surface area (Å²) >= 11 is 0. The zero-order valence-electron chi connectivity index (χ0n) is 14.7. The molecule has 1 aromatic rings. The van der Waals surface area contributed by atoms with Crippen LogP contribution >= 0.6 is 0 Å². The predicted molar refractivity (Wildman–Crippen MR) is 92.6 cm³/mol. The summed E-state index contributed by atoms with van der Waals surface area (Å²) in [6, 6.07) is 6.50. The Hall–Kier alpha value is -2.13. The van der Waals surface area contributed by atoms with Crippen LogP contribution in [0, 0.1) is 23.1 Å². The first kappa shape index (κ1) is 17.7. The third-order valence-corrected chi connectivity index (χ3v) is 4.99. The van der Waals surface area contributed by atoms with Gasteiger partial charge in [0.1, 0.15) is 5.82 Å². The smallest absolute Gasteiger partial charge is 0.225 e. The molecule has 25 heavy (non-hydrogen) atoms. The molecule has 2 heterocycles. The van der Waals surface area contributed by atoms with Crippen molar-refractivity contribution in [2.75, 3.05) is 31.1 Å². The molecule has 0 bridgehead atoms. The van der Waals surface area contributed by atoms with Crippen molar-refractivity contribution in [1.82, 2.24) is 4.90 Å². The number of ether oxygens (including phenoxy) is 1. The fourth-order valence-electron chi connectivity index (χ4n) is 3.82. The fourth-order valence-corrected chi connectivity index (χ4v) is 3.82. The van der Waals surface area contributed by atoms with E-state index in [-0.39, 0.29) is 29.9 Å². The number of carbonyl (C=O) groups excluding carboxylic acids is 1. The number of carbonyl (C=O) groups is 1. The molecule has 1 amide bonds. The van der Waals surface area contributed by atoms with E-state index < -0.39 is 0 Å². The average Bonchev–Trinajstić information content (AvgIpc) is 2.60. The quantitative estimate of drug-likeness (QED) is 0.827. The molecule has 1 aromatic carbocycles. The summed E-state index contributed by atoms with van der Waals surface area (Å²) in [6.45, 7) is 6.57. The van der Waals surface area contributed by atoms with Crippen molar-refractivity contribution in [2.45, 2.75) is 38.9 Å². The summed E-state index contributed by atoms with van der Waals surface area (Å²) in [5.74, 6) is -0.184. The molecule has 3 rings (SSSR count). The van der Waals surface area contributed by atoms with Crippen molar-refractivity contribution >= 4 is 11.6 Å². The summed E-state index contributed by atoms with van der Waals surface area (Å²) in [6.07, 6.45) is 1.58. The molecule has 0 spiro atoms. The number of hydrogen-bond donors (Lipinski definition) is 0. The first-order valence-corrected chi connectivity index (χ1v) is 8.86. The minimum Gasteiger partial charge on any atom is -0.372 e. The van der Waals surface area contributed by atoms with Gasteiger partial charge in [-0.15, -0.1) is 0 Å². The molecule has 2 aliphatic heterocycles. The van der Waals surface area contributed by atoms with E-state index in [4.69, 9.17) is 10.00 Å². The first-order chi connectivity index (χ1) is 12.0. The van der Waals surface area contributed by atoms with Crippen LogP contribution in [-0.4, -0.2) is 49.2 Å². The van der Waals surface area contributed by atoms with Gasteiger partial charge in [0.25, 0.3) is 0 Å². The maximum absolute atomic E-state index is 14.2. The van der Waals surface area contributed by atoms with Crippen LogP contribution in [0.5, 0.6) is 0 Å². The van der Waals surface area contributed by atoms with Gasteiger partial charge in [0.05, 0.1) is 29.5 Å². The monoisotopic (exact) mass is 345 g/mol. The lowest BCUT2D eigenvalue weighted by Crippen LogP contribution is -2.51. The van der Waals surface area contributed by atoms with Crippen molar-refractivity contribution in [1.29, 1.82) is 5.26 Å². The number of nitrogens with zero attached hydrogens (tertiary/aromatic N) is 3. The number of hydrogen-bond acceptors (Lipinski definition) is 4. The van der Waals surface area contributed by atoms with Crippen LogP contribution in [0.1, 0.15) is 32.3 Å². The van der Waals surface area contributed by atoms with Crippen molar-refractivity contribution in [3.8, 4) is 6.07 Å². The summed E-state index contributed by atoms with van der Waals surface area (Å²) in [5, 5.41) is 8.84. The highest BCUT2D eigenvalue weighted by atomic mass is 19.1. The Bertz CT molecular complexity index is 670. The van der Waals surface area contributed by atoms with Crippen LogP contribution in [0.2, 0.25) is 0 Å². The van der Waals surface area contributed by atoms with Gasteiger partial charge in [0.15, 0.2) is 0 Å². The van der Waals surface area contributed by atoms with Crippen LogP contribution in [-0.2, 0) is 9.53 Å². The topological polar surface area (TPSA) is 56.6 Å². The van der Waals surface area contributed by atoms with Gasteiger partial charge in [-0.05, 0) is 44.9 Å². The van der Waals surface area contributed by atoms with Crippen LogP contribution in [0.15, 0.2) is 18.2 Å². The average molecular weight is 345 g/mol.